The number of halogens is 1. The second kappa shape index (κ2) is 8.15. The molecular formula is C20H27ClN2O2S. The smallest absolute Gasteiger partial charge is 0.186 e. The number of thiazole rings is 1. The van der Waals surface area contributed by atoms with Crippen LogP contribution >= 0.6 is 22.9 Å². The van der Waals surface area contributed by atoms with Gasteiger partial charge in [0.05, 0.1) is 24.4 Å². The monoisotopic (exact) mass is 394 g/mol. The number of benzene rings is 1. The lowest BCUT2D eigenvalue weighted by atomic mass is 10.1. The number of anilines is 1. The van der Waals surface area contributed by atoms with Crippen molar-refractivity contribution >= 4 is 28.1 Å². The minimum Gasteiger partial charge on any atom is -0.497 e. The van der Waals surface area contributed by atoms with Crippen molar-refractivity contribution in [2.45, 2.75) is 33.1 Å². The summed E-state index contributed by atoms with van der Waals surface area (Å²) in [5, 5.41) is 1.75. The largest absolute Gasteiger partial charge is 0.497 e. The molecule has 1 aromatic heterocycles. The normalized spacial score (nSPS) is 15.1. The number of rotatable bonds is 9. The Morgan fingerprint density at radius 2 is 2.08 bits per heavy atom. The molecule has 0 saturated heterocycles. The fourth-order valence-electron chi connectivity index (χ4n) is 3.33. The minimum atomic E-state index is 0.307. The molecule has 0 aliphatic heterocycles. The summed E-state index contributed by atoms with van der Waals surface area (Å²) in [6.07, 6.45) is 3.57. The van der Waals surface area contributed by atoms with Crippen LogP contribution in [0.25, 0.3) is 11.3 Å². The van der Waals surface area contributed by atoms with E-state index in [4.69, 9.17) is 26.1 Å². The number of aryl methyl sites for hydroxylation is 1. The number of ether oxygens (including phenoxy) is 2. The van der Waals surface area contributed by atoms with Gasteiger partial charge in [0.2, 0.25) is 0 Å². The van der Waals surface area contributed by atoms with E-state index in [1.54, 1.807) is 25.6 Å². The number of nitrogens with zero attached hydrogens (tertiary/aromatic N) is 2. The number of hydrogen-bond donors (Lipinski definition) is 0. The standard InChI is InChI=1S/C20H27ClN2O2S/c1-5-10-23(12-20(8-9-20)13-24-3)19-22-18(14(2)26-19)16-7-6-15(25-4)11-17(16)21/h6-7,11H,5,8-10,12-13H2,1-4H3. The molecule has 1 aliphatic carbocycles. The summed E-state index contributed by atoms with van der Waals surface area (Å²) in [4.78, 5) is 8.57. The zero-order valence-electron chi connectivity index (χ0n) is 16.0. The summed E-state index contributed by atoms with van der Waals surface area (Å²) < 4.78 is 10.7. The summed E-state index contributed by atoms with van der Waals surface area (Å²) in [5.41, 5.74) is 2.24. The number of hydrogen-bond acceptors (Lipinski definition) is 5. The molecule has 0 radical (unpaired) electrons. The van der Waals surface area contributed by atoms with E-state index >= 15 is 0 Å². The quantitative estimate of drug-likeness (QED) is 0.568. The molecule has 26 heavy (non-hydrogen) atoms. The Hall–Kier alpha value is -1.30. The van der Waals surface area contributed by atoms with Gasteiger partial charge in [-0.1, -0.05) is 18.5 Å². The maximum atomic E-state index is 6.48. The Kier molecular flexibility index (Phi) is 6.10. The van der Waals surface area contributed by atoms with Crippen molar-refractivity contribution in [2.75, 3.05) is 38.8 Å². The highest BCUT2D eigenvalue weighted by Gasteiger charge is 2.44. The van der Waals surface area contributed by atoms with Crippen molar-refractivity contribution in [3.63, 3.8) is 0 Å². The van der Waals surface area contributed by atoms with Crippen LogP contribution in [-0.2, 0) is 4.74 Å². The zero-order valence-corrected chi connectivity index (χ0v) is 17.5. The van der Waals surface area contributed by atoms with Crippen LogP contribution < -0.4 is 9.64 Å². The Balaban J connectivity index is 1.87. The van der Waals surface area contributed by atoms with E-state index in [1.807, 2.05) is 18.2 Å². The summed E-state index contributed by atoms with van der Waals surface area (Å²) in [6.45, 7) is 7.17. The van der Waals surface area contributed by atoms with Crippen LogP contribution in [0.5, 0.6) is 5.75 Å². The molecule has 0 atom stereocenters. The van der Waals surface area contributed by atoms with Gasteiger partial charge in [0.1, 0.15) is 5.75 Å². The maximum Gasteiger partial charge on any atom is 0.186 e. The first-order valence-corrected chi connectivity index (χ1v) is 10.3. The molecule has 0 unspecified atom stereocenters. The third-order valence-electron chi connectivity index (χ3n) is 4.91. The second-order valence-corrected chi connectivity index (χ2v) is 8.69. The molecule has 4 nitrogen and oxygen atoms in total. The number of aromatic nitrogens is 1. The summed E-state index contributed by atoms with van der Waals surface area (Å²) >= 11 is 8.22. The Bertz CT molecular complexity index is 758. The summed E-state index contributed by atoms with van der Waals surface area (Å²) in [6, 6.07) is 5.77. The lowest BCUT2D eigenvalue weighted by Gasteiger charge is -2.26. The minimum absolute atomic E-state index is 0.307. The van der Waals surface area contributed by atoms with Crippen LogP contribution in [0.2, 0.25) is 5.02 Å². The lowest BCUT2D eigenvalue weighted by Crippen LogP contribution is -2.33. The van der Waals surface area contributed by atoms with Gasteiger partial charge in [-0.25, -0.2) is 4.98 Å². The maximum absolute atomic E-state index is 6.48. The van der Waals surface area contributed by atoms with E-state index in [0.717, 1.165) is 48.3 Å². The van der Waals surface area contributed by atoms with Crippen LogP contribution in [0.1, 0.15) is 31.1 Å². The van der Waals surface area contributed by atoms with E-state index < -0.39 is 0 Å². The molecule has 6 heteroatoms. The van der Waals surface area contributed by atoms with Gasteiger partial charge in [0.25, 0.3) is 0 Å². The first kappa shape index (κ1) is 19.5. The van der Waals surface area contributed by atoms with Gasteiger partial charge in [0.15, 0.2) is 5.13 Å². The molecule has 0 amide bonds. The molecule has 2 aromatic rings. The molecule has 0 spiro atoms. The molecule has 1 heterocycles. The van der Waals surface area contributed by atoms with Crippen molar-refractivity contribution in [1.29, 1.82) is 0 Å². The van der Waals surface area contributed by atoms with Crippen molar-refractivity contribution in [3.05, 3.63) is 28.1 Å². The molecular weight excluding hydrogens is 368 g/mol. The van der Waals surface area contributed by atoms with Crippen molar-refractivity contribution < 1.29 is 9.47 Å². The first-order chi connectivity index (χ1) is 12.5. The van der Waals surface area contributed by atoms with Crippen LogP contribution in [0.15, 0.2) is 18.2 Å². The van der Waals surface area contributed by atoms with Crippen molar-refractivity contribution in [3.8, 4) is 17.0 Å². The van der Waals surface area contributed by atoms with E-state index in [2.05, 4.69) is 18.7 Å². The molecule has 1 saturated carbocycles. The van der Waals surface area contributed by atoms with E-state index in [0.29, 0.717) is 10.4 Å². The lowest BCUT2D eigenvalue weighted by molar-refractivity contribution is 0.143. The second-order valence-electron chi connectivity index (χ2n) is 7.10. The fraction of sp³-hybridized carbons (Fsp3) is 0.550. The molecule has 3 rings (SSSR count). The highest BCUT2D eigenvalue weighted by Crippen LogP contribution is 2.47. The van der Waals surface area contributed by atoms with E-state index in [9.17, 15) is 0 Å². The van der Waals surface area contributed by atoms with E-state index in [1.165, 1.54) is 17.7 Å². The van der Waals surface area contributed by atoms with Gasteiger partial charge < -0.3 is 14.4 Å². The third-order valence-corrected chi connectivity index (χ3v) is 6.26. The number of methoxy groups -OCH3 is 2. The topological polar surface area (TPSA) is 34.6 Å². The Morgan fingerprint density at radius 1 is 1.31 bits per heavy atom. The van der Waals surface area contributed by atoms with Gasteiger partial charge in [0, 0.05) is 36.1 Å². The average Bonchev–Trinajstić information content (AvgIpc) is 3.27. The van der Waals surface area contributed by atoms with Crippen LogP contribution in [0, 0.1) is 12.3 Å². The first-order valence-electron chi connectivity index (χ1n) is 9.07. The summed E-state index contributed by atoms with van der Waals surface area (Å²) in [7, 11) is 3.44. The summed E-state index contributed by atoms with van der Waals surface area (Å²) in [5.74, 6) is 0.759. The molecule has 1 aromatic carbocycles. The molecule has 0 bridgehead atoms. The van der Waals surface area contributed by atoms with Gasteiger partial charge in [-0.2, -0.15) is 0 Å². The average molecular weight is 395 g/mol. The van der Waals surface area contributed by atoms with Gasteiger partial charge in [-0.15, -0.1) is 11.3 Å². The Labute approximate surface area is 165 Å². The van der Waals surface area contributed by atoms with Crippen molar-refractivity contribution in [2.24, 2.45) is 5.41 Å². The molecule has 1 aliphatic rings. The van der Waals surface area contributed by atoms with Gasteiger partial charge in [-0.3, -0.25) is 0 Å². The fourth-order valence-corrected chi connectivity index (χ4v) is 4.54. The highest BCUT2D eigenvalue weighted by atomic mass is 35.5. The Morgan fingerprint density at radius 3 is 2.65 bits per heavy atom. The molecule has 0 N–H and O–H groups in total. The van der Waals surface area contributed by atoms with Crippen molar-refractivity contribution in [1.82, 2.24) is 4.98 Å². The van der Waals surface area contributed by atoms with Crippen LogP contribution in [0.3, 0.4) is 0 Å². The predicted molar refractivity (Wildman–Crippen MR) is 110 cm³/mol. The third kappa shape index (κ3) is 4.16. The van der Waals surface area contributed by atoms with E-state index in [-0.39, 0.29) is 0 Å². The highest BCUT2D eigenvalue weighted by molar-refractivity contribution is 7.16. The van der Waals surface area contributed by atoms with Gasteiger partial charge in [-0.05, 0) is 44.4 Å². The SMILES string of the molecule is CCCN(CC1(COC)CC1)c1nc(-c2ccc(OC)cc2Cl)c(C)s1. The van der Waals surface area contributed by atoms with Gasteiger partial charge >= 0.3 is 0 Å². The van der Waals surface area contributed by atoms with Crippen LogP contribution in [0.4, 0.5) is 5.13 Å². The van der Waals surface area contributed by atoms with Crippen LogP contribution in [-0.4, -0.2) is 38.9 Å². The molecule has 1 fully saturated rings. The predicted octanol–water partition coefficient (Wildman–Crippen LogP) is 5.42. The molecule has 142 valence electrons. The zero-order chi connectivity index (χ0) is 18.7.